The normalized spacial score (nSPS) is 11.2. The highest BCUT2D eigenvalue weighted by Crippen LogP contribution is 2.10. The second-order valence-electron chi connectivity index (χ2n) is 5.35. The minimum absolute atomic E-state index is 0.360. The van der Waals surface area contributed by atoms with Crippen LogP contribution >= 0.6 is 0 Å². The molecule has 20 heavy (non-hydrogen) atoms. The average Bonchev–Trinajstić information content (AvgIpc) is 2.74. The van der Waals surface area contributed by atoms with Gasteiger partial charge in [0.1, 0.15) is 11.6 Å². The second kappa shape index (κ2) is 6.61. The van der Waals surface area contributed by atoms with Gasteiger partial charge >= 0.3 is 0 Å². The van der Waals surface area contributed by atoms with E-state index in [2.05, 4.69) is 24.3 Å². The van der Waals surface area contributed by atoms with Crippen LogP contribution in [0.2, 0.25) is 0 Å². The van der Waals surface area contributed by atoms with Gasteiger partial charge in [-0.3, -0.25) is 4.68 Å². The Morgan fingerprint density at radius 3 is 2.50 bits per heavy atom. The lowest BCUT2D eigenvalue weighted by Gasteiger charge is -2.05. The smallest absolute Gasteiger partial charge is 0.126 e. The van der Waals surface area contributed by atoms with E-state index >= 15 is 0 Å². The minimum atomic E-state index is -0.564. The molecule has 1 heterocycles. The van der Waals surface area contributed by atoms with Gasteiger partial charge in [-0.2, -0.15) is 5.10 Å². The lowest BCUT2D eigenvalue weighted by Crippen LogP contribution is -2.18. The summed E-state index contributed by atoms with van der Waals surface area (Å²) in [6.07, 6.45) is 3.65. The molecule has 1 aromatic heterocycles. The number of rotatable bonds is 6. The van der Waals surface area contributed by atoms with Crippen LogP contribution in [0.5, 0.6) is 0 Å². The van der Waals surface area contributed by atoms with E-state index in [0.717, 1.165) is 24.7 Å². The Labute approximate surface area is 117 Å². The maximum Gasteiger partial charge on any atom is 0.126 e. The highest BCUT2D eigenvalue weighted by atomic mass is 19.1. The Morgan fingerprint density at radius 2 is 1.85 bits per heavy atom. The molecule has 0 radical (unpaired) electrons. The van der Waals surface area contributed by atoms with Crippen LogP contribution in [0.15, 0.2) is 30.6 Å². The Kier molecular flexibility index (Phi) is 4.84. The molecule has 2 rings (SSSR count). The second-order valence-corrected chi connectivity index (χ2v) is 5.35. The first-order chi connectivity index (χ1) is 9.52. The summed E-state index contributed by atoms with van der Waals surface area (Å²) in [7, 11) is 0. The summed E-state index contributed by atoms with van der Waals surface area (Å²) < 4.78 is 27.9. The molecule has 1 aromatic carbocycles. The van der Waals surface area contributed by atoms with Crippen molar-refractivity contribution in [2.45, 2.75) is 26.9 Å². The highest BCUT2D eigenvalue weighted by Gasteiger charge is 2.04. The van der Waals surface area contributed by atoms with Gasteiger partial charge in [-0.05, 0) is 30.2 Å². The Hall–Kier alpha value is -1.75. The number of hydrogen-bond acceptors (Lipinski definition) is 2. The van der Waals surface area contributed by atoms with E-state index in [9.17, 15) is 8.78 Å². The van der Waals surface area contributed by atoms with E-state index in [1.807, 2.05) is 6.20 Å². The molecule has 0 saturated carbocycles. The van der Waals surface area contributed by atoms with Crippen LogP contribution < -0.4 is 5.32 Å². The first-order valence-electron chi connectivity index (χ1n) is 6.70. The van der Waals surface area contributed by atoms with E-state index in [1.165, 1.54) is 12.1 Å². The maximum atomic E-state index is 13.1. The SMILES string of the molecule is CC(C)CNCc1cnn(Cc2cc(F)cc(F)c2)c1. The summed E-state index contributed by atoms with van der Waals surface area (Å²) in [6.45, 7) is 6.35. The summed E-state index contributed by atoms with van der Waals surface area (Å²) in [5, 5.41) is 7.52. The van der Waals surface area contributed by atoms with Gasteiger partial charge < -0.3 is 5.32 Å². The summed E-state index contributed by atoms with van der Waals surface area (Å²) >= 11 is 0. The van der Waals surface area contributed by atoms with Gasteiger partial charge in [0.2, 0.25) is 0 Å². The molecule has 3 nitrogen and oxygen atoms in total. The summed E-state index contributed by atoms with van der Waals surface area (Å²) in [6, 6.07) is 3.51. The van der Waals surface area contributed by atoms with Crippen LogP contribution in [0, 0.1) is 17.6 Å². The molecule has 2 aromatic rings. The Morgan fingerprint density at radius 1 is 1.15 bits per heavy atom. The number of hydrogen-bond donors (Lipinski definition) is 1. The van der Waals surface area contributed by atoms with Gasteiger partial charge in [-0.15, -0.1) is 0 Å². The van der Waals surface area contributed by atoms with Crippen molar-refractivity contribution in [3.8, 4) is 0 Å². The first kappa shape index (κ1) is 14.7. The van der Waals surface area contributed by atoms with Crippen LogP contribution in [0.25, 0.3) is 0 Å². The third kappa shape index (κ3) is 4.42. The third-order valence-corrected chi connectivity index (χ3v) is 2.84. The molecule has 0 atom stereocenters. The summed E-state index contributed by atoms with van der Waals surface area (Å²) in [4.78, 5) is 0. The van der Waals surface area contributed by atoms with Crippen LogP contribution in [-0.4, -0.2) is 16.3 Å². The topological polar surface area (TPSA) is 29.9 Å². The van der Waals surface area contributed by atoms with Gasteiger partial charge in [0, 0.05) is 24.4 Å². The quantitative estimate of drug-likeness (QED) is 0.881. The maximum absolute atomic E-state index is 13.1. The van der Waals surface area contributed by atoms with Gasteiger partial charge in [0.15, 0.2) is 0 Å². The number of nitrogens with one attached hydrogen (secondary N) is 1. The zero-order valence-electron chi connectivity index (χ0n) is 11.7. The summed E-state index contributed by atoms with van der Waals surface area (Å²) in [5.41, 5.74) is 1.62. The molecule has 0 saturated heterocycles. The molecule has 108 valence electrons. The predicted octanol–water partition coefficient (Wildman–Crippen LogP) is 2.96. The molecular weight excluding hydrogens is 260 g/mol. The van der Waals surface area contributed by atoms with Crippen molar-refractivity contribution >= 4 is 0 Å². The van der Waals surface area contributed by atoms with Crippen LogP contribution in [0.3, 0.4) is 0 Å². The molecule has 0 aliphatic heterocycles. The van der Waals surface area contributed by atoms with E-state index in [-0.39, 0.29) is 0 Å². The Bertz CT molecular complexity index is 544. The van der Waals surface area contributed by atoms with Gasteiger partial charge in [-0.25, -0.2) is 8.78 Å². The molecule has 0 spiro atoms. The lowest BCUT2D eigenvalue weighted by atomic mass is 10.2. The van der Waals surface area contributed by atoms with Crippen LogP contribution in [0.4, 0.5) is 8.78 Å². The van der Waals surface area contributed by atoms with Crippen molar-refractivity contribution < 1.29 is 8.78 Å². The van der Waals surface area contributed by atoms with Crippen molar-refractivity contribution in [1.82, 2.24) is 15.1 Å². The molecule has 0 aliphatic carbocycles. The van der Waals surface area contributed by atoms with E-state index < -0.39 is 11.6 Å². The number of halogens is 2. The Balaban J connectivity index is 1.95. The van der Waals surface area contributed by atoms with Crippen molar-refractivity contribution in [2.75, 3.05) is 6.54 Å². The molecule has 5 heteroatoms. The molecule has 0 bridgehead atoms. The van der Waals surface area contributed by atoms with Gasteiger partial charge in [0.25, 0.3) is 0 Å². The van der Waals surface area contributed by atoms with E-state index in [4.69, 9.17) is 0 Å². The monoisotopic (exact) mass is 279 g/mol. The van der Waals surface area contributed by atoms with Crippen molar-refractivity contribution in [3.63, 3.8) is 0 Å². The van der Waals surface area contributed by atoms with Crippen molar-refractivity contribution in [1.29, 1.82) is 0 Å². The minimum Gasteiger partial charge on any atom is -0.312 e. The number of benzene rings is 1. The molecule has 1 N–H and O–H groups in total. The summed E-state index contributed by atoms with van der Waals surface area (Å²) in [5.74, 6) is -0.530. The molecule has 0 aliphatic rings. The lowest BCUT2D eigenvalue weighted by molar-refractivity contribution is 0.552. The zero-order chi connectivity index (χ0) is 14.5. The fraction of sp³-hybridized carbons (Fsp3) is 0.400. The molecule has 0 amide bonds. The fourth-order valence-electron chi connectivity index (χ4n) is 1.98. The van der Waals surface area contributed by atoms with Crippen LogP contribution in [-0.2, 0) is 13.1 Å². The third-order valence-electron chi connectivity index (χ3n) is 2.84. The van der Waals surface area contributed by atoms with Gasteiger partial charge in [0.05, 0.1) is 12.7 Å². The predicted molar refractivity (Wildman–Crippen MR) is 74.2 cm³/mol. The average molecular weight is 279 g/mol. The molecule has 0 unspecified atom stereocenters. The van der Waals surface area contributed by atoms with Crippen molar-refractivity contribution in [2.24, 2.45) is 5.92 Å². The van der Waals surface area contributed by atoms with E-state index in [0.29, 0.717) is 18.0 Å². The molecular formula is C15H19F2N3. The number of nitrogens with zero attached hydrogens (tertiary/aromatic N) is 2. The first-order valence-corrected chi connectivity index (χ1v) is 6.70. The van der Waals surface area contributed by atoms with Crippen molar-refractivity contribution in [3.05, 3.63) is 53.4 Å². The standard InChI is InChI=1S/C15H19F2N3/c1-11(2)6-18-7-13-8-19-20(10-13)9-12-3-14(16)5-15(17)4-12/h3-5,8,10-11,18H,6-7,9H2,1-2H3. The van der Waals surface area contributed by atoms with E-state index in [1.54, 1.807) is 10.9 Å². The van der Waals surface area contributed by atoms with Gasteiger partial charge in [-0.1, -0.05) is 13.8 Å². The number of aromatic nitrogens is 2. The highest BCUT2D eigenvalue weighted by molar-refractivity contribution is 5.18. The fourth-order valence-corrected chi connectivity index (χ4v) is 1.98. The van der Waals surface area contributed by atoms with Crippen LogP contribution in [0.1, 0.15) is 25.0 Å². The molecule has 0 fully saturated rings. The largest absolute Gasteiger partial charge is 0.312 e. The zero-order valence-corrected chi connectivity index (χ0v) is 11.7.